The van der Waals surface area contributed by atoms with Gasteiger partial charge in [0.15, 0.2) is 0 Å². The monoisotopic (exact) mass is 192 g/mol. The molecule has 1 aromatic carbocycles. The summed E-state index contributed by atoms with van der Waals surface area (Å²) in [5.41, 5.74) is 2.16. The number of nitrogens with two attached hydrogens (primary N) is 1. The molecular formula is C11H16N2O. The zero-order valence-electron chi connectivity index (χ0n) is 8.82. The average Bonchev–Trinajstić information content (AvgIpc) is 2.15. The molecule has 0 aromatic heterocycles. The summed E-state index contributed by atoms with van der Waals surface area (Å²) in [6.45, 7) is 3.87. The van der Waals surface area contributed by atoms with Crippen molar-refractivity contribution >= 4 is 5.91 Å². The van der Waals surface area contributed by atoms with Crippen LogP contribution in [0, 0.1) is 6.92 Å². The Morgan fingerprint density at radius 1 is 1.50 bits per heavy atom. The van der Waals surface area contributed by atoms with Gasteiger partial charge in [-0.2, -0.15) is 0 Å². The van der Waals surface area contributed by atoms with Crippen LogP contribution in [0.1, 0.15) is 24.0 Å². The van der Waals surface area contributed by atoms with Crippen LogP contribution < -0.4 is 5.84 Å². The largest absolute Gasteiger partial charge is 0.283 e. The number of carbonyl (C=O) groups is 1. The van der Waals surface area contributed by atoms with Gasteiger partial charge < -0.3 is 0 Å². The number of likely N-dealkylation sites (N-methyl/N-ethyl adjacent to an activating group) is 1. The molecule has 0 aliphatic heterocycles. The van der Waals surface area contributed by atoms with Gasteiger partial charge in [0, 0.05) is 7.05 Å². The Morgan fingerprint density at radius 2 is 2.14 bits per heavy atom. The lowest BCUT2D eigenvalue weighted by atomic mass is 9.98. The van der Waals surface area contributed by atoms with Crippen LogP contribution in [-0.4, -0.2) is 18.0 Å². The number of amides is 1. The van der Waals surface area contributed by atoms with Gasteiger partial charge in [-0.1, -0.05) is 29.8 Å². The smallest absolute Gasteiger partial charge is 0.243 e. The van der Waals surface area contributed by atoms with Crippen molar-refractivity contribution in [1.29, 1.82) is 0 Å². The van der Waals surface area contributed by atoms with E-state index < -0.39 is 0 Å². The standard InChI is InChI=1S/C11H16N2O/c1-8-5-4-6-10(7-8)9(2)11(14)13(3)12/h4-7,9H,12H2,1-3H3. The van der Waals surface area contributed by atoms with Crippen LogP contribution in [0.25, 0.3) is 0 Å². The van der Waals surface area contributed by atoms with Gasteiger partial charge >= 0.3 is 0 Å². The maximum absolute atomic E-state index is 11.6. The topological polar surface area (TPSA) is 46.3 Å². The maximum atomic E-state index is 11.6. The van der Waals surface area contributed by atoms with E-state index in [0.717, 1.165) is 16.1 Å². The lowest BCUT2D eigenvalue weighted by Gasteiger charge is -2.16. The van der Waals surface area contributed by atoms with Crippen LogP contribution in [0.5, 0.6) is 0 Å². The van der Waals surface area contributed by atoms with Gasteiger partial charge in [-0.3, -0.25) is 9.80 Å². The highest BCUT2D eigenvalue weighted by atomic mass is 16.2. The number of rotatable bonds is 2. The second-order valence-electron chi connectivity index (χ2n) is 3.58. The highest BCUT2D eigenvalue weighted by Crippen LogP contribution is 2.17. The fourth-order valence-corrected chi connectivity index (χ4v) is 1.39. The van der Waals surface area contributed by atoms with E-state index in [0.29, 0.717) is 0 Å². The third kappa shape index (κ3) is 2.33. The second-order valence-corrected chi connectivity index (χ2v) is 3.58. The molecule has 0 saturated carbocycles. The predicted molar refractivity (Wildman–Crippen MR) is 56.6 cm³/mol. The second kappa shape index (κ2) is 4.24. The Hall–Kier alpha value is -1.35. The molecule has 0 heterocycles. The molecule has 1 rings (SSSR count). The van der Waals surface area contributed by atoms with E-state index in [4.69, 9.17) is 5.84 Å². The van der Waals surface area contributed by atoms with E-state index in [1.165, 1.54) is 0 Å². The quantitative estimate of drug-likeness (QED) is 0.438. The first-order valence-corrected chi connectivity index (χ1v) is 4.61. The average molecular weight is 192 g/mol. The predicted octanol–water partition coefficient (Wildman–Crippen LogP) is 1.43. The fourth-order valence-electron chi connectivity index (χ4n) is 1.39. The summed E-state index contributed by atoms with van der Waals surface area (Å²) < 4.78 is 0. The minimum atomic E-state index is -0.176. The molecular weight excluding hydrogens is 176 g/mol. The highest BCUT2D eigenvalue weighted by molar-refractivity contribution is 5.82. The molecule has 2 N–H and O–H groups in total. The summed E-state index contributed by atoms with van der Waals surface area (Å²) in [5, 5.41) is 1.13. The molecule has 0 saturated heterocycles. The van der Waals surface area contributed by atoms with Crippen LogP contribution >= 0.6 is 0 Å². The zero-order valence-corrected chi connectivity index (χ0v) is 8.82. The first kappa shape index (κ1) is 10.7. The van der Waals surface area contributed by atoms with Crippen molar-refractivity contribution in [2.45, 2.75) is 19.8 Å². The molecule has 1 atom stereocenters. The first-order chi connectivity index (χ1) is 6.52. The van der Waals surface area contributed by atoms with E-state index in [-0.39, 0.29) is 11.8 Å². The van der Waals surface area contributed by atoms with Crippen molar-refractivity contribution in [3.63, 3.8) is 0 Å². The number of hydrazine groups is 1. The lowest BCUT2D eigenvalue weighted by Crippen LogP contribution is -2.36. The summed E-state index contributed by atoms with van der Waals surface area (Å²) in [6, 6.07) is 7.91. The van der Waals surface area contributed by atoms with E-state index in [1.807, 2.05) is 38.1 Å². The molecule has 0 aliphatic carbocycles. The zero-order chi connectivity index (χ0) is 10.7. The van der Waals surface area contributed by atoms with Gasteiger partial charge in [-0.15, -0.1) is 0 Å². The molecule has 14 heavy (non-hydrogen) atoms. The van der Waals surface area contributed by atoms with Gasteiger partial charge in [0.2, 0.25) is 5.91 Å². The van der Waals surface area contributed by atoms with Crippen molar-refractivity contribution in [3.8, 4) is 0 Å². The molecule has 3 nitrogen and oxygen atoms in total. The lowest BCUT2D eigenvalue weighted by molar-refractivity contribution is -0.131. The summed E-state index contributed by atoms with van der Waals surface area (Å²) in [5.74, 6) is 5.15. The third-order valence-corrected chi connectivity index (χ3v) is 2.26. The molecule has 0 bridgehead atoms. The fraction of sp³-hybridized carbons (Fsp3) is 0.364. The molecule has 1 amide bonds. The van der Waals surface area contributed by atoms with Crippen molar-refractivity contribution < 1.29 is 4.79 Å². The number of hydrogen-bond donors (Lipinski definition) is 1. The van der Waals surface area contributed by atoms with Crippen molar-refractivity contribution in [1.82, 2.24) is 5.01 Å². The number of nitrogens with zero attached hydrogens (tertiary/aromatic N) is 1. The van der Waals surface area contributed by atoms with Crippen molar-refractivity contribution in [2.24, 2.45) is 5.84 Å². The van der Waals surface area contributed by atoms with Crippen molar-refractivity contribution in [3.05, 3.63) is 35.4 Å². The minimum Gasteiger partial charge on any atom is -0.283 e. The van der Waals surface area contributed by atoms with Gasteiger partial charge in [0.05, 0.1) is 5.92 Å². The van der Waals surface area contributed by atoms with Crippen LogP contribution in [0.2, 0.25) is 0 Å². The van der Waals surface area contributed by atoms with Crippen LogP contribution in [0.15, 0.2) is 24.3 Å². The van der Waals surface area contributed by atoms with Gasteiger partial charge in [0.1, 0.15) is 0 Å². The number of hydrogen-bond acceptors (Lipinski definition) is 2. The molecule has 0 spiro atoms. The molecule has 0 radical (unpaired) electrons. The molecule has 3 heteroatoms. The van der Waals surface area contributed by atoms with Crippen LogP contribution in [-0.2, 0) is 4.79 Å². The third-order valence-electron chi connectivity index (χ3n) is 2.26. The van der Waals surface area contributed by atoms with Crippen LogP contribution in [0.4, 0.5) is 0 Å². The number of aryl methyl sites for hydroxylation is 1. The Morgan fingerprint density at radius 3 is 2.64 bits per heavy atom. The minimum absolute atomic E-state index is 0.0735. The Kier molecular flexibility index (Phi) is 3.25. The van der Waals surface area contributed by atoms with Gasteiger partial charge in [-0.25, -0.2) is 5.84 Å². The molecule has 76 valence electrons. The van der Waals surface area contributed by atoms with E-state index in [2.05, 4.69) is 0 Å². The molecule has 1 unspecified atom stereocenters. The van der Waals surface area contributed by atoms with Crippen molar-refractivity contribution in [2.75, 3.05) is 7.05 Å². The van der Waals surface area contributed by atoms with Crippen LogP contribution in [0.3, 0.4) is 0 Å². The van der Waals surface area contributed by atoms with Gasteiger partial charge in [0.25, 0.3) is 0 Å². The summed E-state index contributed by atoms with van der Waals surface area (Å²) in [7, 11) is 1.56. The molecule has 1 aromatic rings. The highest BCUT2D eigenvalue weighted by Gasteiger charge is 2.16. The van der Waals surface area contributed by atoms with Gasteiger partial charge in [-0.05, 0) is 19.4 Å². The van der Waals surface area contributed by atoms with E-state index in [9.17, 15) is 4.79 Å². The summed E-state index contributed by atoms with van der Waals surface area (Å²) in [4.78, 5) is 11.6. The normalized spacial score (nSPS) is 12.3. The van der Waals surface area contributed by atoms with E-state index in [1.54, 1.807) is 7.05 Å². The Balaban J connectivity index is 2.89. The Labute approximate surface area is 84.5 Å². The summed E-state index contributed by atoms with van der Waals surface area (Å²) >= 11 is 0. The molecule has 0 aliphatic rings. The maximum Gasteiger partial charge on any atom is 0.243 e. The molecule has 0 fully saturated rings. The first-order valence-electron chi connectivity index (χ1n) is 4.61. The van der Waals surface area contributed by atoms with E-state index >= 15 is 0 Å². The number of benzene rings is 1. The summed E-state index contributed by atoms with van der Waals surface area (Å²) in [6.07, 6.45) is 0. The number of carbonyl (C=O) groups excluding carboxylic acids is 1. The SMILES string of the molecule is Cc1cccc(C(C)C(=O)N(C)N)c1. The Bertz CT molecular complexity index is 334.